The molecule has 0 radical (unpaired) electrons. The van der Waals surface area contributed by atoms with E-state index in [1.54, 1.807) is 13.8 Å². The van der Waals surface area contributed by atoms with Gasteiger partial charge in [0.25, 0.3) is 0 Å². The summed E-state index contributed by atoms with van der Waals surface area (Å²) < 4.78 is 0. The molecule has 2 unspecified atom stereocenters. The zero-order chi connectivity index (χ0) is 19.0. The summed E-state index contributed by atoms with van der Waals surface area (Å²) >= 11 is 0. The number of carbonyl (C=O) groups is 6. The van der Waals surface area contributed by atoms with Crippen molar-refractivity contribution in [3.05, 3.63) is 0 Å². The minimum Gasteiger partial charge on any atom is -0.549 e. The Bertz CT molecular complexity index is 354. The van der Waals surface area contributed by atoms with Gasteiger partial charge in [-0.1, -0.05) is 13.8 Å². The molecule has 0 amide bonds. The molecule has 0 aromatic carbocycles. The number of aliphatic carboxylic acids is 2. The molecule has 0 spiro atoms. The topological polar surface area (TPSA) is 149 Å². The fourth-order valence-electron chi connectivity index (χ4n) is 1.28. The van der Waals surface area contributed by atoms with Gasteiger partial charge in [-0.25, -0.2) is 0 Å². The average molecular weight is 422 g/mol. The summed E-state index contributed by atoms with van der Waals surface area (Å²) in [4.78, 5) is 59.2. The molecule has 0 fully saturated rings. The normalized spacial score (nSPS) is 10.8. The van der Waals surface area contributed by atoms with Crippen molar-refractivity contribution >= 4 is 36.1 Å². The van der Waals surface area contributed by atoms with Crippen molar-refractivity contribution in [1.29, 1.82) is 0 Å². The maximum Gasteiger partial charge on any atom is 2.00 e. The van der Waals surface area contributed by atoms with Gasteiger partial charge < -0.3 is 29.4 Å². The zero-order valence-electron chi connectivity index (χ0n) is 14.2. The first-order chi connectivity index (χ1) is 10.6. The number of ketones is 2. The van der Waals surface area contributed by atoms with Gasteiger partial charge in [0.05, 0.1) is 30.2 Å². The predicted molar refractivity (Wildman–Crippen MR) is 75.7 cm³/mol. The third-order valence-electron chi connectivity index (χ3n) is 2.56. The van der Waals surface area contributed by atoms with Crippen molar-refractivity contribution < 1.29 is 65.2 Å². The minimum absolute atomic E-state index is 0. The SMILES string of the molecule is CCC(C(C)=O)C(=O)[O-].CCC(C(C)=O)C(=O)[O-].O=CCC=O.[Zr+2]. The number of Topliss-reactive ketones (excluding diaryl/α,β-unsaturated/α-hetero) is 2. The fourth-order valence-corrected chi connectivity index (χ4v) is 1.28. The number of hydrogen-bond donors (Lipinski definition) is 0. The van der Waals surface area contributed by atoms with Crippen molar-refractivity contribution in [3.63, 3.8) is 0 Å². The largest absolute Gasteiger partial charge is 2.00 e. The van der Waals surface area contributed by atoms with Gasteiger partial charge in [0.1, 0.15) is 24.1 Å². The molecule has 0 aromatic heterocycles. The second-order valence-corrected chi connectivity index (χ2v) is 4.35. The van der Waals surface area contributed by atoms with Gasteiger partial charge in [-0.3, -0.25) is 9.59 Å². The first kappa shape index (κ1) is 30.4. The molecule has 0 saturated heterocycles. The van der Waals surface area contributed by atoms with E-state index in [1.165, 1.54) is 13.8 Å². The molecule has 0 bridgehead atoms. The van der Waals surface area contributed by atoms with Crippen LogP contribution in [0.1, 0.15) is 47.0 Å². The van der Waals surface area contributed by atoms with Crippen molar-refractivity contribution in [2.24, 2.45) is 11.8 Å². The first-order valence-electron chi connectivity index (χ1n) is 6.90. The van der Waals surface area contributed by atoms with E-state index in [9.17, 15) is 39.0 Å². The van der Waals surface area contributed by atoms with Crippen molar-refractivity contribution in [2.75, 3.05) is 0 Å². The van der Waals surface area contributed by atoms with Crippen LogP contribution in [0.15, 0.2) is 0 Å². The van der Waals surface area contributed by atoms with E-state index < -0.39 is 23.8 Å². The molecule has 0 aliphatic heterocycles. The van der Waals surface area contributed by atoms with Crippen LogP contribution in [-0.2, 0) is 55.0 Å². The van der Waals surface area contributed by atoms with Crippen molar-refractivity contribution in [1.82, 2.24) is 0 Å². The molecule has 0 saturated carbocycles. The molecule has 8 nitrogen and oxygen atoms in total. The van der Waals surface area contributed by atoms with Crippen LogP contribution in [0.3, 0.4) is 0 Å². The molecular weight excluding hydrogens is 399 g/mol. The average Bonchev–Trinajstić information content (AvgIpc) is 2.40. The number of hydrogen-bond acceptors (Lipinski definition) is 8. The molecule has 134 valence electrons. The van der Waals surface area contributed by atoms with Crippen LogP contribution in [0.25, 0.3) is 0 Å². The molecule has 0 aliphatic rings. The van der Waals surface area contributed by atoms with E-state index in [0.717, 1.165) is 0 Å². The van der Waals surface area contributed by atoms with Crippen molar-refractivity contribution in [3.8, 4) is 0 Å². The van der Waals surface area contributed by atoms with E-state index in [2.05, 4.69) is 0 Å². The van der Waals surface area contributed by atoms with E-state index in [-0.39, 0.29) is 44.2 Å². The van der Waals surface area contributed by atoms with Crippen LogP contribution in [0.5, 0.6) is 0 Å². The summed E-state index contributed by atoms with van der Waals surface area (Å²) in [5.41, 5.74) is 0. The van der Waals surface area contributed by atoms with E-state index in [4.69, 9.17) is 0 Å². The maximum atomic E-state index is 10.4. The smallest absolute Gasteiger partial charge is 0.549 e. The second kappa shape index (κ2) is 19.5. The first-order valence-corrected chi connectivity index (χ1v) is 6.90. The summed E-state index contributed by atoms with van der Waals surface area (Å²) in [5, 5.41) is 20.1. The van der Waals surface area contributed by atoms with E-state index >= 15 is 0 Å². The van der Waals surface area contributed by atoms with Crippen molar-refractivity contribution in [2.45, 2.75) is 47.0 Å². The molecule has 0 aliphatic carbocycles. The Morgan fingerprint density at radius 2 is 1.04 bits per heavy atom. The van der Waals surface area contributed by atoms with Crippen LogP contribution in [-0.4, -0.2) is 36.1 Å². The molecule has 0 aromatic rings. The second-order valence-electron chi connectivity index (χ2n) is 4.35. The minimum atomic E-state index is -1.27. The number of carbonyl (C=O) groups excluding carboxylic acids is 6. The third-order valence-corrected chi connectivity index (χ3v) is 2.56. The number of carboxylic acid groups (broad SMARTS) is 2. The summed E-state index contributed by atoms with van der Waals surface area (Å²) in [6.45, 7) is 5.79. The van der Waals surface area contributed by atoms with Gasteiger partial charge >= 0.3 is 26.2 Å². The van der Waals surface area contributed by atoms with Crippen LogP contribution in [0.4, 0.5) is 0 Å². The predicted octanol–water partition coefficient (Wildman–Crippen LogP) is -1.53. The Labute approximate surface area is 160 Å². The van der Waals surface area contributed by atoms with Crippen LogP contribution in [0, 0.1) is 11.8 Å². The molecule has 2 atom stereocenters. The van der Waals surface area contributed by atoms with Gasteiger partial charge in [-0.05, 0) is 26.7 Å². The maximum absolute atomic E-state index is 10.4. The third kappa shape index (κ3) is 18.6. The molecule has 0 heterocycles. The van der Waals surface area contributed by atoms with E-state index in [0.29, 0.717) is 25.4 Å². The van der Waals surface area contributed by atoms with Gasteiger partial charge in [0, 0.05) is 0 Å². The van der Waals surface area contributed by atoms with Gasteiger partial charge in [-0.15, -0.1) is 0 Å². The molecule has 9 heteroatoms. The van der Waals surface area contributed by atoms with E-state index in [1.807, 2.05) is 0 Å². The molecular formula is C15H22O8Zr. The number of rotatable bonds is 8. The standard InChI is InChI=1S/2C6H10O3.C3H4O2.Zr/c2*1-3-5(4(2)7)6(8)9;4-2-1-3-5;/h2*5H,3H2,1-2H3,(H,8,9);2-3H,1H2;/q;;;+2/p-2. The number of carboxylic acids is 2. The molecule has 24 heavy (non-hydrogen) atoms. The monoisotopic (exact) mass is 420 g/mol. The van der Waals surface area contributed by atoms with Crippen LogP contribution in [0.2, 0.25) is 0 Å². The summed E-state index contributed by atoms with van der Waals surface area (Å²) in [7, 11) is 0. The van der Waals surface area contributed by atoms with Gasteiger partial charge in [-0.2, -0.15) is 0 Å². The Morgan fingerprint density at radius 3 is 1.04 bits per heavy atom. The zero-order valence-corrected chi connectivity index (χ0v) is 16.7. The van der Waals surface area contributed by atoms with Gasteiger partial charge in [0.15, 0.2) is 0 Å². The number of aldehydes is 2. The summed E-state index contributed by atoms with van der Waals surface area (Å²) in [6, 6.07) is 0. The Hall–Kier alpha value is -1.50. The van der Waals surface area contributed by atoms with Crippen LogP contribution < -0.4 is 10.2 Å². The fraction of sp³-hybridized carbons (Fsp3) is 0.600. The summed E-state index contributed by atoms with van der Waals surface area (Å²) in [5.74, 6) is -5.04. The molecule has 0 N–H and O–H groups in total. The molecule has 0 rings (SSSR count). The Morgan fingerprint density at radius 1 is 0.792 bits per heavy atom. The Kier molecular flexibility index (Phi) is 24.8. The quantitative estimate of drug-likeness (QED) is 0.339. The summed E-state index contributed by atoms with van der Waals surface area (Å²) in [6.07, 6.45) is 1.79. The Balaban J connectivity index is -0.000000128. The van der Waals surface area contributed by atoms with Gasteiger partial charge in [0.2, 0.25) is 0 Å². The van der Waals surface area contributed by atoms with Crippen LogP contribution >= 0.6 is 0 Å².